The third-order valence-electron chi connectivity index (χ3n) is 4.70. The van der Waals surface area contributed by atoms with Crippen molar-refractivity contribution in [1.29, 1.82) is 0 Å². The summed E-state index contributed by atoms with van der Waals surface area (Å²) in [6.07, 6.45) is 5.56. The quantitative estimate of drug-likeness (QED) is 0.821. The van der Waals surface area contributed by atoms with Crippen molar-refractivity contribution in [3.05, 3.63) is 35.4 Å². The van der Waals surface area contributed by atoms with Gasteiger partial charge in [-0.2, -0.15) is 0 Å². The van der Waals surface area contributed by atoms with E-state index >= 15 is 0 Å². The van der Waals surface area contributed by atoms with Gasteiger partial charge in [0.1, 0.15) is 0 Å². The zero-order valence-corrected chi connectivity index (χ0v) is 15.2. The minimum absolute atomic E-state index is 0.162. The largest absolute Gasteiger partial charge is 0.481 e. The van der Waals surface area contributed by atoms with Crippen LogP contribution in [-0.2, 0) is 16.1 Å². The van der Waals surface area contributed by atoms with Gasteiger partial charge in [0, 0.05) is 11.6 Å². The number of benzene rings is 1. The summed E-state index contributed by atoms with van der Waals surface area (Å²) in [5.74, 6) is -1.51. The van der Waals surface area contributed by atoms with Crippen molar-refractivity contribution in [2.45, 2.75) is 71.1 Å². The van der Waals surface area contributed by atoms with Gasteiger partial charge in [-0.1, -0.05) is 37.8 Å². The van der Waals surface area contributed by atoms with Crippen molar-refractivity contribution in [1.82, 2.24) is 5.32 Å². The number of aliphatic carboxylic acids is 1. The Hall–Kier alpha value is -1.88. The zero-order chi connectivity index (χ0) is 18.2. The first-order valence-electron chi connectivity index (χ1n) is 9.21. The molecule has 0 saturated heterocycles. The molecule has 0 aromatic heterocycles. The molecule has 1 saturated carbocycles. The zero-order valence-electron chi connectivity index (χ0n) is 15.2. The number of nitrogens with one attached hydrogen (secondary N) is 1. The number of amides is 1. The highest BCUT2D eigenvalue weighted by molar-refractivity contribution is 5.94. The lowest BCUT2D eigenvalue weighted by Crippen LogP contribution is -2.43. The molecule has 138 valence electrons. The first-order valence-corrected chi connectivity index (χ1v) is 9.21. The fraction of sp³-hybridized carbons (Fsp3) is 0.600. The third-order valence-corrected chi connectivity index (χ3v) is 4.70. The predicted molar refractivity (Wildman–Crippen MR) is 96.4 cm³/mol. The van der Waals surface area contributed by atoms with Crippen LogP contribution in [0.15, 0.2) is 24.3 Å². The van der Waals surface area contributed by atoms with E-state index in [1.165, 1.54) is 0 Å². The molecule has 1 aliphatic rings. The number of rotatable bonds is 6. The lowest BCUT2D eigenvalue weighted by Gasteiger charge is -2.27. The van der Waals surface area contributed by atoms with Crippen LogP contribution in [0.1, 0.15) is 68.3 Å². The number of carboxylic acid groups (broad SMARTS) is 1. The Kier molecular flexibility index (Phi) is 7.44. The molecule has 2 unspecified atom stereocenters. The standard InChI is InChI=1S/C20H29NO4/c1-14(2)25-13-15-9-11-16(12-10-15)19(22)21-18-8-6-4-3-5-7-17(18)20(23)24/h9-12,14,17-18H,3-8,13H2,1-2H3,(H,21,22)(H,23,24). The van der Waals surface area contributed by atoms with E-state index in [0.29, 0.717) is 18.6 Å². The fourth-order valence-electron chi connectivity index (χ4n) is 3.22. The molecule has 5 heteroatoms. The average Bonchev–Trinajstić information content (AvgIpc) is 2.55. The van der Waals surface area contributed by atoms with Crippen molar-refractivity contribution >= 4 is 11.9 Å². The second-order valence-corrected chi connectivity index (χ2v) is 7.07. The average molecular weight is 347 g/mol. The number of carbonyl (C=O) groups is 2. The van der Waals surface area contributed by atoms with E-state index < -0.39 is 11.9 Å². The van der Waals surface area contributed by atoms with E-state index in [2.05, 4.69) is 5.32 Å². The molecule has 0 radical (unpaired) electrons. The van der Waals surface area contributed by atoms with Gasteiger partial charge in [0.25, 0.3) is 5.91 Å². The van der Waals surface area contributed by atoms with Gasteiger partial charge >= 0.3 is 5.97 Å². The molecule has 2 atom stereocenters. The van der Waals surface area contributed by atoms with Crippen LogP contribution in [-0.4, -0.2) is 29.1 Å². The number of ether oxygens (including phenoxy) is 1. The van der Waals surface area contributed by atoms with Crippen LogP contribution in [0.5, 0.6) is 0 Å². The lowest BCUT2D eigenvalue weighted by atomic mass is 9.86. The first-order chi connectivity index (χ1) is 12.0. The highest BCUT2D eigenvalue weighted by Gasteiger charge is 2.30. The molecule has 0 heterocycles. The summed E-state index contributed by atoms with van der Waals surface area (Å²) in [5, 5.41) is 12.4. The van der Waals surface area contributed by atoms with Crippen molar-refractivity contribution in [3.63, 3.8) is 0 Å². The minimum atomic E-state index is -0.812. The molecule has 5 nitrogen and oxygen atoms in total. The van der Waals surface area contributed by atoms with Crippen LogP contribution in [0.25, 0.3) is 0 Å². The Morgan fingerprint density at radius 2 is 1.76 bits per heavy atom. The van der Waals surface area contributed by atoms with Crippen molar-refractivity contribution in [2.75, 3.05) is 0 Å². The number of hydrogen-bond donors (Lipinski definition) is 2. The molecule has 0 aliphatic heterocycles. The topological polar surface area (TPSA) is 75.6 Å². The monoisotopic (exact) mass is 347 g/mol. The van der Waals surface area contributed by atoms with Crippen LogP contribution in [0.2, 0.25) is 0 Å². The second-order valence-electron chi connectivity index (χ2n) is 7.07. The van der Waals surface area contributed by atoms with Crippen molar-refractivity contribution in [2.24, 2.45) is 5.92 Å². The van der Waals surface area contributed by atoms with E-state index in [1.54, 1.807) is 12.1 Å². The summed E-state index contributed by atoms with van der Waals surface area (Å²) >= 11 is 0. The summed E-state index contributed by atoms with van der Waals surface area (Å²) in [6.45, 7) is 4.48. The van der Waals surface area contributed by atoms with E-state index in [4.69, 9.17) is 4.74 Å². The van der Waals surface area contributed by atoms with Gasteiger partial charge in [0.15, 0.2) is 0 Å². The van der Waals surface area contributed by atoms with Gasteiger partial charge in [-0.15, -0.1) is 0 Å². The maximum absolute atomic E-state index is 12.5. The van der Waals surface area contributed by atoms with Crippen LogP contribution in [0.3, 0.4) is 0 Å². The Bertz CT molecular complexity index is 568. The van der Waals surface area contributed by atoms with Gasteiger partial charge in [-0.05, 0) is 44.4 Å². The van der Waals surface area contributed by atoms with Gasteiger partial charge in [0.05, 0.1) is 18.6 Å². The SMILES string of the molecule is CC(C)OCc1ccc(C(=O)NC2CCCCCCC2C(=O)O)cc1. The molecule has 1 aromatic carbocycles. The molecule has 2 N–H and O–H groups in total. The van der Waals surface area contributed by atoms with Crippen LogP contribution >= 0.6 is 0 Å². The van der Waals surface area contributed by atoms with E-state index in [0.717, 1.165) is 37.7 Å². The summed E-state index contributed by atoms with van der Waals surface area (Å²) in [4.78, 5) is 24.1. The fourth-order valence-corrected chi connectivity index (χ4v) is 3.22. The molecule has 1 aromatic rings. The molecule has 0 bridgehead atoms. The molecule has 25 heavy (non-hydrogen) atoms. The summed E-state index contributed by atoms with van der Waals surface area (Å²) in [6, 6.07) is 7.00. The maximum Gasteiger partial charge on any atom is 0.308 e. The van der Waals surface area contributed by atoms with E-state index in [9.17, 15) is 14.7 Å². The van der Waals surface area contributed by atoms with Gasteiger partial charge in [0.2, 0.25) is 0 Å². The molecular formula is C20H29NO4. The van der Waals surface area contributed by atoms with Gasteiger partial charge < -0.3 is 15.2 Å². The van der Waals surface area contributed by atoms with E-state index in [1.807, 2.05) is 26.0 Å². The number of carboxylic acids is 1. The lowest BCUT2D eigenvalue weighted by molar-refractivity contribution is -0.143. The molecule has 1 aliphatic carbocycles. The van der Waals surface area contributed by atoms with Crippen molar-refractivity contribution < 1.29 is 19.4 Å². The Morgan fingerprint density at radius 1 is 1.12 bits per heavy atom. The van der Waals surface area contributed by atoms with Crippen LogP contribution < -0.4 is 5.32 Å². The third kappa shape index (κ3) is 6.16. The molecular weight excluding hydrogens is 318 g/mol. The Morgan fingerprint density at radius 3 is 2.36 bits per heavy atom. The van der Waals surface area contributed by atoms with Crippen LogP contribution in [0, 0.1) is 5.92 Å². The predicted octanol–water partition coefficient (Wildman–Crippen LogP) is 3.77. The van der Waals surface area contributed by atoms with E-state index in [-0.39, 0.29) is 18.1 Å². The highest BCUT2D eigenvalue weighted by Crippen LogP contribution is 2.23. The minimum Gasteiger partial charge on any atom is -0.481 e. The first kappa shape index (κ1) is 19.4. The molecule has 2 rings (SSSR count). The second kappa shape index (κ2) is 9.56. The molecule has 1 amide bonds. The summed E-state index contributed by atoms with van der Waals surface area (Å²) in [7, 11) is 0. The highest BCUT2D eigenvalue weighted by atomic mass is 16.5. The van der Waals surface area contributed by atoms with Gasteiger partial charge in [-0.25, -0.2) is 0 Å². The molecule has 1 fully saturated rings. The number of carbonyl (C=O) groups excluding carboxylic acids is 1. The normalized spacial score (nSPS) is 21.4. The maximum atomic E-state index is 12.5. The molecule has 0 spiro atoms. The Labute approximate surface area is 149 Å². The van der Waals surface area contributed by atoms with Crippen LogP contribution in [0.4, 0.5) is 0 Å². The number of hydrogen-bond acceptors (Lipinski definition) is 3. The smallest absolute Gasteiger partial charge is 0.308 e. The summed E-state index contributed by atoms with van der Waals surface area (Å²) in [5.41, 5.74) is 1.57. The van der Waals surface area contributed by atoms with Gasteiger partial charge in [-0.3, -0.25) is 9.59 Å². The summed E-state index contributed by atoms with van der Waals surface area (Å²) < 4.78 is 5.55. The van der Waals surface area contributed by atoms with Crippen molar-refractivity contribution in [3.8, 4) is 0 Å². The Balaban J connectivity index is 1.99.